The van der Waals surface area contributed by atoms with Gasteiger partial charge in [-0.3, -0.25) is 0 Å². The van der Waals surface area contributed by atoms with Gasteiger partial charge in [-0.05, 0) is 159 Å². The number of benzene rings is 12. The van der Waals surface area contributed by atoms with Crippen molar-refractivity contribution in [3.8, 4) is 12.1 Å². The molecule has 0 saturated heterocycles. The number of anilines is 8. The molecule has 3 heterocycles. The van der Waals surface area contributed by atoms with Crippen molar-refractivity contribution in [3.05, 3.63) is 317 Å². The van der Waals surface area contributed by atoms with E-state index in [-0.39, 0.29) is 6.04 Å². The van der Waals surface area contributed by atoms with E-state index in [9.17, 15) is 10.5 Å². The van der Waals surface area contributed by atoms with Crippen LogP contribution < -0.4 is 14.7 Å². The van der Waals surface area contributed by atoms with E-state index in [0.29, 0.717) is 17.5 Å². The maximum absolute atomic E-state index is 10.2. The first-order chi connectivity index (χ1) is 41.6. The van der Waals surface area contributed by atoms with Crippen molar-refractivity contribution < 1.29 is 8.83 Å². The van der Waals surface area contributed by atoms with Crippen LogP contribution in [0.3, 0.4) is 0 Å². The van der Waals surface area contributed by atoms with Crippen molar-refractivity contribution in [1.29, 1.82) is 10.5 Å². The second-order valence-corrected chi connectivity index (χ2v) is 22.0. The number of nitriles is 2. The van der Waals surface area contributed by atoms with E-state index in [1.54, 1.807) is 0 Å². The lowest BCUT2D eigenvalue weighted by Gasteiger charge is -2.48. The van der Waals surface area contributed by atoms with E-state index in [2.05, 4.69) is 245 Å². The predicted octanol–water partition coefficient (Wildman–Crippen LogP) is 20.1. The van der Waals surface area contributed by atoms with Crippen LogP contribution in [0, 0.1) is 22.7 Å². The number of fused-ring (bicyclic) bond motifs is 18. The smallest absolute Gasteiger partial charge is 0.159 e. The molecule has 1 unspecified atom stereocenters. The first-order valence-electron chi connectivity index (χ1n) is 28.4. The third kappa shape index (κ3) is 6.66. The topological polar surface area (TPSA) is 83.6 Å². The van der Waals surface area contributed by atoms with Crippen molar-refractivity contribution >= 4 is 106 Å². The Morgan fingerprint density at radius 3 is 1.58 bits per heavy atom. The second-order valence-electron chi connectivity index (χ2n) is 22.0. The van der Waals surface area contributed by atoms with E-state index in [0.717, 1.165) is 106 Å². The van der Waals surface area contributed by atoms with Crippen LogP contribution in [-0.4, -0.2) is 0 Å². The lowest BCUT2D eigenvalue weighted by atomic mass is 9.61. The van der Waals surface area contributed by atoms with Crippen LogP contribution in [0.15, 0.2) is 281 Å². The first-order valence-corrected chi connectivity index (χ1v) is 28.4. The number of furan rings is 2. The zero-order chi connectivity index (χ0) is 55.6. The Morgan fingerprint density at radius 2 is 0.940 bits per heavy atom. The summed E-state index contributed by atoms with van der Waals surface area (Å²) in [5, 5.41) is 26.8. The average Bonchev–Trinajstić information content (AvgIpc) is 1.71. The van der Waals surface area contributed by atoms with Crippen molar-refractivity contribution in [2.24, 2.45) is 0 Å². The molecule has 17 rings (SSSR count). The molecule has 0 N–H and O–H groups in total. The number of hydrogen-bond acceptors (Lipinski definition) is 7. The molecule has 7 nitrogen and oxygen atoms in total. The summed E-state index contributed by atoms with van der Waals surface area (Å²) < 4.78 is 13.9. The summed E-state index contributed by atoms with van der Waals surface area (Å²) in [7, 11) is 0. The summed E-state index contributed by atoms with van der Waals surface area (Å²) in [5.41, 5.74) is 20.9. The molecule has 1 spiro atoms. The summed E-state index contributed by atoms with van der Waals surface area (Å²) in [6, 6.07) is 99.2. The van der Waals surface area contributed by atoms with Crippen LogP contribution in [0.25, 0.3) is 60.2 Å². The van der Waals surface area contributed by atoms with Gasteiger partial charge in [0.25, 0.3) is 0 Å². The Bertz CT molecular complexity index is 5130. The molecule has 14 aromatic rings. The van der Waals surface area contributed by atoms with Crippen molar-refractivity contribution in [1.82, 2.24) is 0 Å². The van der Waals surface area contributed by atoms with Crippen LogP contribution in [0.1, 0.15) is 57.0 Å². The molecule has 1 aliphatic heterocycles. The highest BCUT2D eigenvalue weighted by Gasteiger charge is 2.56. The van der Waals surface area contributed by atoms with Crippen LogP contribution in [0.5, 0.6) is 0 Å². The third-order valence-corrected chi connectivity index (χ3v) is 17.9. The van der Waals surface area contributed by atoms with Gasteiger partial charge in [0, 0.05) is 44.0 Å². The highest BCUT2D eigenvalue weighted by Crippen LogP contribution is 2.68. The fourth-order valence-corrected chi connectivity index (χ4v) is 14.5. The van der Waals surface area contributed by atoms with E-state index < -0.39 is 5.41 Å². The Kier molecular flexibility index (Phi) is 10.3. The minimum absolute atomic E-state index is 0.282. The highest BCUT2D eigenvalue weighted by molar-refractivity contribution is 6.16. The Balaban J connectivity index is 1.00. The molecule has 0 amide bonds. The quantitative estimate of drug-likeness (QED) is 0.157. The molecule has 3 aliphatic rings. The zero-order valence-electron chi connectivity index (χ0n) is 45.2. The molecule has 12 aromatic carbocycles. The molecule has 0 bridgehead atoms. The number of para-hydroxylation sites is 7. The number of rotatable bonds is 7. The lowest BCUT2D eigenvalue weighted by Crippen LogP contribution is -2.39. The molecule has 7 heteroatoms. The van der Waals surface area contributed by atoms with Gasteiger partial charge in [-0.2, -0.15) is 10.5 Å². The molecule has 84 heavy (non-hydrogen) atoms. The van der Waals surface area contributed by atoms with Crippen LogP contribution in [-0.2, 0) is 5.41 Å². The second kappa shape index (κ2) is 18.3. The molecular weight excluding hydrogens is 1030 g/mol. The van der Waals surface area contributed by atoms with Gasteiger partial charge < -0.3 is 23.5 Å². The molecule has 2 aromatic heterocycles. The largest absolute Gasteiger partial charge is 0.454 e. The summed E-state index contributed by atoms with van der Waals surface area (Å²) >= 11 is 0. The molecule has 1 atom stereocenters. The first kappa shape index (κ1) is 47.4. The SMILES string of the molecule is N#Cc1ccc(N(c2cc3c(c4ccccc24)C2=C(CC(N(c4ccc(C#N)cc4)c4cccc5c4oc4ccccc45)c4ccccc42)C32c3ccccc3N(c3ccccc3)c3ccccc32)c2cccc3c2oc2ccccc23)cc1. The van der Waals surface area contributed by atoms with Crippen molar-refractivity contribution in [2.45, 2.75) is 17.9 Å². The molecule has 0 radical (unpaired) electrons. The van der Waals surface area contributed by atoms with Gasteiger partial charge in [0.15, 0.2) is 11.2 Å². The van der Waals surface area contributed by atoms with Gasteiger partial charge >= 0.3 is 0 Å². The van der Waals surface area contributed by atoms with E-state index in [1.807, 2.05) is 48.5 Å². The third-order valence-electron chi connectivity index (χ3n) is 17.9. The Morgan fingerprint density at radius 1 is 0.429 bits per heavy atom. The maximum Gasteiger partial charge on any atom is 0.159 e. The van der Waals surface area contributed by atoms with Gasteiger partial charge in [-0.1, -0.05) is 164 Å². The van der Waals surface area contributed by atoms with Gasteiger partial charge in [0.05, 0.1) is 63.2 Å². The molecule has 0 fully saturated rings. The maximum atomic E-state index is 10.2. The minimum atomic E-state index is -0.892. The van der Waals surface area contributed by atoms with E-state index in [1.165, 1.54) is 39.0 Å². The van der Waals surface area contributed by atoms with Gasteiger partial charge in [-0.25, -0.2) is 0 Å². The van der Waals surface area contributed by atoms with Crippen molar-refractivity contribution in [2.75, 3.05) is 14.7 Å². The predicted molar refractivity (Wildman–Crippen MR) is 338 cm³/mol. The molecule has 392 valence electrons. The van der Waals surface area contributed by atoms with Crippen molar-refractivity contribution in [3.63, 3.8) is 0 Å². The molecule has 2 aliphatic carbocycles. The fraction of sp³-hybridized carbons (Fsp3) is 0.0390. The average molecular weight is 1070 g/mol. The number of nitrogens with zero attached hydrogens (tertiary/aromatic N) is 5. The van der Waals surface area contributed by atoms with Gasteiger partial charge in [0.2, 0.25) is 0 Å². The van der Waals surface area contributed by atoms with Gasteiger partial charge in [0.1, 0.15) is 11.2 Å². The molecule has 0 saturated carbocycles. The standard InChI is InChI=1S/C77H47N5O2/c78-46-48-36-40-51(41-37-48)81(67-32-16-26-59-55-22-8-14-34-71(55)83-75(59)67)69-44-63-73(57-24-6-4-20-53(57)69)74-58-25-7-5-21-54(58)70(82(52-42-38-49(47-79)39-43-52)68-33-17-27-60-56-23-9-15-35-72(56)84-76(60)68)45-64(74)77(63)61-28-10-12-30-65(61)80(50-18-2-1-3-19-50)66-31-13-11-29-62(66)77/h1-44,70H,45H2. The lowest BCUT2D eigenvalue weighted by molar-refractivity contribution is 0.603. The van der Waals surface area contributed by atoms with Crippen LogP contribution in [0.2, 0.25) is 0 Å². The Hall–Kier alpha value is -11.4. The summed E-state index contributed by atoms with van der Waals surface area (Å²) in [6.07, 6.45) is 0.604. The van der Waals surface area contributed by atoms with Gasteiger partial charge in [-0.15, -0.1) is 0 Å². The van der Waals surface area contributed by atoms with Crippen LogP contribution in [0.4, 0.5) is 45.5 Å². The van der Waals surface area contributed by atoms with Crippen LogP contribution >= 0.6 is 0 Å². The summed E-state index contributed by atoms with van der Waals surface area (Å²) in [5.74, 6) is 0. The Labute approximate surface area is 484 Å². The normalized spacial score (nSPS) is 14.5. The molecular formula is C77H47N5O2. The monoisotopic (exact) mass is 1070 g/mol. The summed E-state index contributed by atoms with van der Waals surface area (Å²) in [4.78, 5) is 7.28. The zero-order valence-corrected chi connectivity index (χ0v) is 45.2. The highest BCUT2D eigenvalue weighted by atomic mass is 16.3. The van der Waals surface area contributed by atoms with E-state index >= 15 is 0 Å². The minimum Gasteiger partial charge on any atom is -0.454 e. The summed E-state index contributed by atoms with van der Waals surface area (Å²) in [6.45, 7) is 0. The number of hydrogen-bond donors (Lipinski definition) is 0. The van der Waals surface area contributed by atoms with E-state index in [4.69, 9.17) is 8.83 Å². The fourth-order valence-electron chi connectivity index (χ4n) is 14.5.